The van der Waals surface area contributed by atoms with Gasteiger partial charge in [-0.2, -0.15) is 0 Å². The van der Waals surface area contributed by atoms with E-state index in [1.165, 1.54) is 11.1 Å². The molecular formula is C38H49ClN4O6S. The highest BCUT2D eigenvalue weighted by Gasteiger charge is 2.53. The van der Waals surface area contributed by atoms with E-state index in [4.69, 9.17) is 25.9 Å². The van der Waals surface area contributed by atoms with Crippen LogP contribution in [0, 0.1) is 23.7 Å². The topological polar surface area (TPSA) is 110 Å². The number of nitrogens with zero attached hydrogens (tertiary/aromatic N) is 3. The number of nitrogens with one attached hydrogen (secondary N) is 1. The number of likely N-dealkylation sites (N-methyl/N-ethyl adjacent to an activating group) is 1. The van der Waals surface area contributed by atoms with Crippen LogP contribution in [0.25, 0.3) is 0 Å². The molecule has 0 aromatic heterocycles. The van der Waals surface area contributed by atoms with Crippen LogP contribution in [-0.4, -0.2) is 77.7 Å². The van der Waals surface area contributed by atoms with Crippen molar-refractivity contribution in [3.63, 3.8) is 0 Å². The first-order valence-electron chi connectivity index (χ1n) is 17.9. The number of halogens is 1. The molecule has 1 amide bonds. The number of carbonyl (C=O) groups excluding carboxylic acids is 1. The third kappa shape index (κ3) is 6.50. The lowest BCUT2D eigenvalue weighted by Crippen LogP contribution is -2.53. The molecule has 0 unspecified atom stereocenters. The number of hydrogen-bond donors (Lipinski definition) is 1. The average Bonchev–Trinajstić information content (AvgIpc) is 3.43. The molecule has 2 spiro atoms. The fourth-order valence-corrected chi connectivity index (χ4v) is 9.90. The molecule has 1 fully saturated rings. The Hall–Kier alpha value is -3.28. The van der Waals surface area contributed by atoms with Crippen molar-refractivity contribution in [3.05, 3.63) is 64.7 Å². The quantitative estimate of drug-likeness (QED) is 0.389. The normalized spacial score (nSPS) is 32.4. The second kappa shape index (κ2) is 13.7. The van der Waals surface area contributed by atoms with Gasteiger partial charge in [0.15, 0.2) is 5.60 Å². The maximum Gasteiger partial charge on any atom is 0.264 e. The van der Waals surface area contributed by atoms with E-state index in [-0.39, 0.29) is 28.1 Å². The second-order valence-electron chi connectivity index (χ2n) is 15.2. The van der Waals surface area contributed by atoms with Gasteiger partial charge in [-0.3, -0.25) is 4.79 Å². The Bertz CT molecular complexity index is 1800. The lowest BCUT2D eigenvalue weighted by atomic mass is 9.63. The minimum atomic E-state index is -4.13. The molecule has 2 aromatic rings. The molecule has 1 N–H and O–H groups in total. The number of oxime groups is 1. The number of ether oxygens (including phenoxy) is 2. The molecule has 6 atom stereocenters. The Morgan fingerprint density at radius 2 is 2.02 bits per heavy atom. The highest BCUT2D eigenvalue weighted by Crippen LogP contribution is 2.51. The van der Waals surface area contributed by atoms with Crippen molar-refractivity contribution in [2.24, 2.45) is 28.8 Å². The van der Waals surface area contributed by atoms with Crippen molar-refractivity contribution < 1.29 is 27.5 Å². The zero-order chi connectivity index (χ0) is 35.3. The largest absolute Gasteiger partial charge is 0.490 e. The molecule has 1 saturated carbocycles. The van der Waals surface area contributed by atoms with Gasteiger partial charge < -0.3 is 24.1 Å². The second-order valence-corrected chi connectivity index (χ2v) is 17.3. The van der Waals surface area contributed by atoms with Gasteiger partial charge in [-0.15, -0.1) is 0 Å². The molecule has 0 saturated heterocycles. The summed E-state index contributed by atoms with van der Waals surface area (Å²) < 4.78 is 41.8. The van der Waals surface area contributed by atoms with Crippen molar-refractivity contribution >= 4 is 39.1 Å². The molecule has 0 radical (unpaired) electrons. The Morgan fingerprint density at radius 1 is 1.18 bits per heavy atom. The van der Waals surface area contributed by atoms with Crippen molar-refractivity contribution in [3.8, 4) is 5.75 Å². The molecule has 12 heteroatoms. The van der Waals surface area contributed by atoms with Gasteiger partial charge in [0.1, 0.15) is 11.6 Å². The maximum absolute atomic E-state index is 13.7. The Labute approximate surface area is 301 Å². The fraction of sp³-hybridized carbons (Fsp3) is 0.579. The van der Waals surface area contributed by atoms with Gasteiger partial charge in [-0.05, 0) is 97.9 Å². The number of allylic oxidation sites excluding steroid dienone is 1. The third-order valence-electron chi connectivity index (χ3n) is 12.1. The predicted molar refractivity (Wildman–Crippen MR) is 194 cm³/mol. The van der Waals surface area contributed by atoms with E-state index >= 15 is 0 Å². The highest BCUT2D eigenvalue weighted by atomic mass is 35.5. The van der Waals surface area contributed by atoms with Crippen LogP contribution < -0.4 is 14.4 Å². The number of hydrogen-bond acceptors (Lipinski definition) is 9. The number of amidine groups is 1. The molecule has 2 bridgehead atoms. The summed E-state index contributed by atoms with van der Waals surface area (Å²) in [6, 6.07) is 11.2. The number of methoxy groups -OCH3 is 1. The van der Waals surface area contributed by atoms with Gasteiger partial charge in [-0.1, -0.05) is 42.7 Å². The Morgan fingerprint density at radius 3 is 2.80 bits per heavy atom. The van der Waals surface area contributed by atoms with Crippen LogP contribution in [0.15, 0.2) is 58.6 Å². The number of rotatable bonds is 3. The van der Waals surface area contributed by atoms with Crippen LogP contribution in [0.2, 0.25) is 5.02 Å². The third-order valence-corrected chi connectivity index (χ3v) is 13.6. The predicted octanol–water partition coefficient (Wildman–Crippen LogP) is 5.93. The van der Waals surface area contributed by atoms with Crippen LogP contribution >= 0.6 is 11.6 Å². The summed E-state index contributed by atoms with van der Waals surface area (Å²) in [6.07, 6.45) is 10.5. The van der Waals surface area contributed by atoms with E-state index in [1.54, 1.807) is 32.2 Å². The van der Waals surface area contributed by atoms with Crippen molar-refractivity contribution in [1.82, 2.24) is 9.62 Å². The number of amides is 1. The monoisotopic (exact) mass is 724 g/mol. The van der Waals surface area contributed by atoms with Gasteiger partial charge in [-0.25, -0.2) is 13.1 Å². The minimum absolute atomic E-state index is 0.0507. The lowest BCUT2D eigenvalue weighted by molar-refractivity contribution is -0.124. The maximum atomic E-state index is 13.7. The van der Waals surface area contributed by atoms with E-state index in [9.17, 15) is 13.2 Å². The molecule has 10 nitrogen and oxygen atoms in total. The van der Waals surface area contributed by atoms with E-state index in [0.717, 1.165) is 48.6 Å². The van der Waals surface area contributed by atoms with E-state index in [0.29, 0.717) is 51.4 Å². The summed E-state index contributed by atoms with van der Waals surface area (Å²) in [5.74, 6) is 0.832. The minimum Gasteiger partial charge on any atom is -0.490 e. The van der Waals surface area contributed by atoms with Crippen LogP contribution in [-0.2, 0) is 36.2 Å². The molecule has 7 rings (SSSR count). The first kappa shape index (κ1) is 35.1. The summed E-state index contributed by atoms with van der Waals surface area (Å²) in [4.78, 5) is 24.4. The van der Waals surface area contributed by atoms with Crippen molar-refractivity contribution in [1.29, 1.82) is 0 Å². The zero-order valence-electron chi connectivity index (χ0n) is 29.5. The average molecular weight is 725 g/mol. The molecule has 5 aliphatic rings. The summed E-state index contributed by atoms with van der Waals surface area (Å²) >= 11 is 6.47. The van der Waals surface area contributed by atoms with Crippen molar-refractivity contribution in [2.45, 2.75) is 74.7 Å². The van der Waals surface area contributed by atoms with E-state index < -0.39 is 27.4 Å². The zero-order valence-corrected chi connectivity index (χ0v) is 31.1. The number of sulfonamides is 1. The fourth-order valence-electron chi connectivity index (χ4n) is 8.63. The van der Waals surface area contributed by atoms with Crippen molar-refractivity contribution in [2.75, 3.05) is 51.9 Å². The van der Waals surface area contributed by atoms with Crippen LogP contribution in [0.3, 0.4) is 0 Å². The van der Waals surface area contributed by atoms with Gasteiger partial charge in [0.05, 0.1) is 30.2 Å². The van der Waals surface area contributed by atoms with E-state index in [2.05, 4.69) is 44.0 Å². The van der Waals surface area contributed by atoms with Crippen LogP contribution in [0.5, 0.6) is 5.75 Å². The standard InChI is InChI=1S/C38H49ClN4O6S/c1-25-7-5-16-38(21-35(40-49-38)42(3)17-18-47-4)32-12-9-28(32)22-43-23-37(15-6-8-27-19-29(39)10-13-31(27)37)24-48-34-14-11-30(20-33(34)43)50(45,46)41-36(44)26(25)2/h5,10-11,13-14,16,19-20,25-26,28,32H,6-9,12,15,17-18,21-24H2,1-4H3,(H,41,44)/b16-5+/t25-,26+,28-,32+,37-,38+/m0/s1. The summed E-state index contributed by atoms with van der Waals surface area (Å²) in [6.45, 7) is 6.88. The first-order chi connectivity index (χ1) is 23.9. The number of fused-ring (bicyclic) bond motifs is 5. The molecule has 50 heavy (non-hydrogen) atoms. The molecule has 3 heterocycles. The molecule has 2 aromatic carbocycles. The van der Waals surface area contributed by atoms with Crippen LogP contribution in [0.4, 0.5) is 5.69 Å². The number of anilines is 1. The Kier molecular flexibility index (Phi) is 9.62. The molecular weight excluding hydrogens is 676 g/mol. The summed E-state index contributed by atoms with van der Waals surface area (Å²) in [5, 5.41) is 5.36. The molecule has 270 valence electrons. The molecule has 3 aliphatic heterocycles. The summed E-state index contributed by atoms with van der Waals surface area (Å²) in [7, 11) is -0.407. The lowest BCUT2D eigenvalue weighted by Gasteiger charge is -2.48. The van der Waals surface area contributed by atoms with Gasteiger partial charge >= 0.3 is 0 Å². The molecule has 2 aliphatic carbocycles. The van der Waals surface area contributed by atoms with Gasteiger partial charge in [0.2, 0.25) is 5.91 Å². The van der Waals surface area contributed by atoms with Gasteiger partial charge in [0, 0.05) is 56.1 Å². The van der Waals surface area contributed by atoms with E-state index in [1.807, 2.05) is 20.0 Å². The summed E-state index contributed by atoms with van der Waals surface area (Å²) in [5.41, 5.74) is 2.29. The first-order valence-corrected chi connectivity index (χ1v) is 19.8. The Balaban J connectivity index is 1.30. The number of carbonyl (C=O) groups is 1. The number of benzene rings is 2. The van der Waals surface area contributed by atoms with Gasteiger partial charge in [0.25, 0.3) is 10.0 Å². The van der Waals surface area contributed by atoms with Crippen LogP contribution in [0.1, 0.15) is 63.5 Å². The number of aryl methyl sites for hydroxylation is 1. The SMILES string of the molecule is COCCN(C)C1=NO[C@]2(/C=C/C[C@H](C)[C@@H](C)C(=O)NS(=O)(=O)c3ccc4c(c3)N(C[C@@H]3CC[C@H]32)C[C@@]2(CCCc3cc(Cl)ccc32)CO4)C1. The highest BCUT2D eigenvalue weighted by molar-refractivity contribution is 7.90. The smallest absolute Gasteiger partial charge is 0.264 e.